The molecule has 0 aliphatic heterocycles. The van der Waals surface area contributed by atoms with Gasteiger partial charge in [0.15, 0.2) is 0 Å². The fourth-order valence-corrected chi connectivity index (χ4v) is 3.09. The molecule has 2 rings (SSSR count). The average Bonchev–Trinajstić information content (AvgIpc) is 2.66. The fraction of sp³-hybridized carbons (Fsp3) is 0.100. The number of benzene rings is 1. The highest BCUT2D eigenvalue weighted by molar-refractivity contribution is 9.08. The Morgan fingerprint density at radius 2 is 2.36 bits per heavy atom. The first-order valence-corrected chi connectivity index (χ1v) is 6.30. The van der Waals surface area contributed by atoms with Gasteiger partial charge in [0, 0.05) is 15.7 Å². The van der Waals surface area contributed by atoms with Crippen molar-refractivity contribution in [1.29, 1.82) is 5.26 Å². The molecule has 0 fully saturated rings. The van der Waals surface area contributed by atoms with E-state index in [-0.39, 0.29) is 0 Å². The summed E-state index contributed by atoms with van der Waals surface area (Å²) in [4.78, 5) is 0. The zero-order chi connectivity index (χ0) is 10.1. The molecule has 0 N–H and O–H groups in total. The van der Waals surface area contributed by atoms with Crippen LogP contribution in [0.5, 0.6) is 0 Å². The molecule has 0 radical (unpaired) electrons. The normalized spacial score (nSPS) is 10.4. The monoisotopic (exact) mass is 285 g/mol. The number of fused-ring (bicyclic) bond motifs is 1. The first-order valence-electron chi connectivity index (χ1n) is 3.92. The van der Waals surface area contributed by atoms with Gasteiger partial charge in [0.25, 0.3) is 0 Å². The van der Waals surface area contributed by atoms with Gasteiger partial charge in [-0.05, 0) is 23.1 Å². The van der Waals surface area contributed by atoms with Crippen LogP contribution < -0.4 is 0 Å². The molecule has 14 heavy (non-hydrogen) atoms. The molecule has 1 heterocycles. The summed E-state index contributed by atoms with van der Waals surface area (Å²) in [5.74, 6) is 0. The lowest BCUT2D eigenvalue weighted by Gasteiger charge is -2.02. The van der Waals surface area contributed by atoms with E-state index in [0.717, 1.165) is 26.2 Å². The lowest BCUT2D eigenvalue weighted by Crippen LogP contribution is -1.86. The van der Waals surface area contributed by atoms with Crippen molar-refractivity contribution in [2.24, 2.45) is 0 Å². The second-order valence-electron chi connectivity index (χ2n) is 2.80. The molecule has 0 saturated heterocycles. The second kappa shape index (κ2) is 3.90. The smallest absolute Gasteiger partial charge is 0.101 e. The maximum Gasteiger partial charge on any atom is 0.101 e. The Morgan fingerprint density at radius 3 is 3.00 bits per heavy atom. The van der Waals surface area contributed by atoms with Crippen LogP contribution in [0.1, 0.15) is 11.1 Å². The summed E-state index contributed by atoms with van der Waals surface area (Å²) in [6.45, 7) is 0. The summed E-state index contributed by atoms with van der Waals surface area (Å²) in [5.41, 5.74) is 1.68. The average molecular weight is 287 g/mol. The summed E-state index contributed by atoms with van der Waals surface area (Å²) >= 11 is 11.0. The predicted octanol–water partition coefficient (Wildman–Crippen LogP) is 4.32. The minimum Gasteiger partial charge on any atom is -0.192 e. The molecule has 1 aromatic heterocycles. The Hall–Kier alpha value is -0.560. The molecule has 0 saturated carbocycles. The molecule has 0 amide bonds. The van der Waals surface area contributed by atoms with E-state index < -0.39 is 0 Å². The maximum absolute atomic E-state index is 9.05. The SMILES string of the molecule is N#Cc1c(CBr)cc(Cl)c2ccsc12. The van der Waals surface area contributed by atoms with Gasteiger partial charge in [-0.1, -0.05) is 27.5 Å². The third kappa shape index (κ3) is 1.44. The van der Waals surface area contributed by atoms with Crippen LogP contribution in [0, 0.1) is 11.3 Å². The first-order chi connectivity index (χ1) is 6.77. The van der Waals surface area contributed by atoms with Gasteiger partial charge in [0.2, 0.25) is 0 Å². The molecule has 0 aliphatic carbocycles. The van der Waals surface area contributed by atoms with Crippen LogP contribution in [0.4, 0.5) is 0 Å². The predicted molar refractivity (Wildman–Crippen MR) is 64.2 cm³/mol. The van der Waals surface area contributed by atoms with Crippen LogP contribution in [0.2, 0.25) is 5.02 Å². The van der Waals surface area contributed by atoms with E-state index in [1.165, 1.54) is 0 Å². The van der Waals surface area contributed by atoms with E-state index in [4.69, 9.17) is 16.9 Å². The van der Waals surface area contributed by atoms with E-state index >= 15 is 0 Å². The van der Waals surface area contributed by atoms with Crippen LogP contribution >= 0.6 is 38.9 Å². The lowest BCUT2D eigenvalue weighted by atomic mass is 10.1. The Kier molecular flexibility index (Phi) is 2.78. The molecular formula is C10H5BrClNS. The standard InChI is InChI=1S/C10H5BrClNS/c11-4-6-3-9(12)7-1-2-14-10(7)8(6)5-13/h1-3H,4H2. The van der Waals surface area contributed by atoms with Gasteiger partial charge in [-0.15, -0.1) is 11.3 Å². The van der Waals surface area contributed by atoms with Crippen LogP contribution in [-0.2, 0) is 5.33 Å². The second-order valence-corrected chi connectivity index (χ2v) is 4.69. The molecular weight excluding hydrogens is 282 g/mol. The fourth-order valence-electron chi connectivity index (χ4n) is 1.37. The van der Waals surface area contributed by atoms with Crippen molar-refractivity contribution in [3.8, 4) is 6.07 Å². The molecule has 2 aromatic rings. The van der Waals surface area contributed by atoms with Crippen molar-refractivity contribution in [2.75, 3.05) is 0 Å². The van der Waals surface area contributed by atoms with Crippen LogP contribution in [0.25, 0.3) is 10.1 Å². The number of hydrogen-bond acceptors (Lipinski definition) is 2. The van der Waals surface area contributed by atoms with Crippen molar-refractivity contribution < 1.29 is 0 Å². The van der Waals surface area contributed by atoms with Crippen molar-refractivity contribution in [3.63, 3.8) is 0 Å². The number of alkyl halides is 1. The van der Waals surface area contributed by atoms with Crippen molar-refractivity contribution in [1.82, 2.24) is 0 Å². The van der Waals surface area contributed by atoms with E-state index in [0.29, 0.717) is 5.33 Å². The Balaban J connectivity index is 2.91. The Labute approximate surface area is 99.0 Å². The van der Waals surface area contributed by atoms with E-state index in [1.807, 2.05) is 17.5 Å². The number of halogens is 2. The van der Waals surface area contributed by atoms with Crippen molar-refractivity contribution in [2.45, 2.75) is 5.33 Å². The van der Waals surface area contributed by atoms with Gasteiger partial charge < -0.3 is 0 Å². The first kappa shape index (κ1) is 9.97. The third-order valence-corrected chi connectivity index (χ3v) is 3.88. The molecule has 0 bridgehead atoms. The van der Waals surface area contributed by atoms with Gasteiger partial charge >= 0.3 is 0 Å². The molecule has 1 nitrogen and oxygen atoms in total. The summed E-state index contributed by atoms with van der Waals surface area (Å²) in [6, 6.07) is 6.02. The summed E-state index contributed by atoms with van der Waals surface area (Å²) < 4.78 is 0.981. The lowest BCUT2D eigenvalue weighted by molar-refractivity contribution is 1.41. The minimum atomic E-state index is 0.656. The maximum atomic E-state index is 9.05. The number of nitrogens with zero attached hydrogens (tertiary/aromatic N) is 1. The molecule has 1 aromatic carbocycles. The van der Waals surface area contributed by atoms with E-state index in [2.05, 4.69) is 22.0 Å². The van der Waals surface area contributed by atoms with Gasteiger partial charge in [-0.3, -0.25) is 0 Å². The Morgan fingerprint density at radius 1 is 1.57 bits per heavy atom. The van der Waals surface area contributed by atoms with Gasteiger partial charge in [0.1, 0.15) is 6.07 Å². The molecule has 0 spiro atoms. The van der Waals surface area contributed by atoms with Crippen molar-refractivity contribution >= 4 is 49.0 Å². The molecule has 4 heteroatoms. The minimum absolute atomic E-state index is 0.656. The number of nitriles is 1. The Bertz CT molecular complexity index is 527. The van der Waals surface area contributed by atoms with Crippen molar-refractivity contribution in [3.05, 3.63) is 33.7 Å². The summed E-state index contributed by atoms with van der Waals surface area (Å²) in [6.07, 6.45) is 0. The number of thiophene rings is 1. The van der Waals surface area contributed by atoms with Gasteiger partial charge in [0.05, 0.1) is 10.3 Å². The van der Waals surface area contributed by atoms with E-state index in [1.54, 1.807) is 11.3 Å². The molecule has 0 unspecified atom stereocenters. The molecule has 0 atom stereocenters. The number of hydrogen-bond donors (Lipinski definition) is 0. The summed E-state index contributed by atoms with van der Waals surface area (Å²) in [7, 11) is 0. The summed E-state index contributed by atoms with van der Waals surface area (Å²) in [5, 5.41) is 13.3. The quantitative estimate of drug-likeness (QED) is 0.716. The highest BCUT2D eigenvalue weighted by Gasteiger charge is 2.10. The van der Waals surface area contributed by atoms with Crippen LogP contribution in [0.3, 0.4) is 0 Å². The zero-order valence-corrected chi connectivity index (χ0v) is 10.2. The highest BCUT2D eigenvalue weighted by atomic mass is 79.9. The van der Waals surface area contributed by atoms with Crippen LogP contribution in [0.15, 0.2) is 17.5 Å². The van der Waals surface area contributed by atoms with E-state index in [9.17, 15) is 0 Å². The number of rotatable bonds is 1. The molecule has 0 aliphatic rings. The van der Waals surface area contributed by atoms with Crippen LogP contribution in [-0.4, -0.2) is 0 Å². The topological polar surface area (TPSA) is 23.8 Å². The van der Waals surface area contributed by atoms with Gasteiger partial charge in [-0.25, -0.2) is 0 Å². The largest absolute Gasteiger partial charge is 0.192 e. The molecule has 70 valence electrons. The van der Waals surface area contributed by atoms with Gasteiger partial charge in [-0.2, -0.15) is 5.26 Å². The third-order valence-electron chi connectivity index (χ3n) is 2.03. The highest BCUT2D eigenvalue weighted by Crippen LogP contribution is 2.33. The zero-order valence-electron chi connectivity index (χ0n) is 7.05.